The predicted molar refractivity (Wildman–Crippen MR) is 117 cm³/mol. The Morgan fingerprint density at radius 2 is 1.88 bits per heavy atom. The molecule has 0 saturated heterocycles. The highest BCUT2D eigenvalue weighted by atomic mass is 127. The summed E-state index contributed by atoms with van der Waals surface area (Å²) in [7, 11) is 3.41. The van der Waals surface area contributed by atoms with Gasteiger partial charge in [-0.2, -0.15) is 0 Å². The summed E-state index contributed by atoms with van der Waals surface area (Å²) in [6, 6.07) is 8.15. The van der Waals surface area contributed by atoms with E-state index in [2.05, 4.69) is 27.0 Å². The van der Waals surface area contributed by atoms with Crippen LogP contribution in [0, 0.1) is 0 Å². The Labute approximate surface area is 173 Å². The SMILES string of the molecule is CN=C(NCC(=O)NC(C)(C)C)NCC1(c2ccccc2OC)CC1.I. The van der Waals surface area contributed by atoms with Gasteiger partial charge in [0.25, 0.3) is 0 Å². The number of carbonyl (C=O) groups excluding carboxylic acids is 1. The van der Waals surface area contributed by atoms with Crippen LogP contribution in [0.3, 0.4) is 0 Å². The second kappa shape index (κ2) is 9.43. The van der Waals surface area contributed by atoms with Crippen molar-refractivity contribution in [2.45, 2.75) is 44.6 Å². The number of benzene rings is 1. The van der Waals surface area contributed by atoms with Crippen LogP contribution in [0.4, 0.5) is 0 Å². The van der Waals surface area contributed by atoms with Crippen molar-refractivity contribution in [2.24, 2.45) is 4.99 Å². The third kappa shape index (κ3) is 6.34. The van der Waals surface area contributed by atoms with Crippen LogP contribution >= 0.6 is 24.0 Å². The molecule has 0 unspecified atom stereocenters. The minimum absolute atomic E-state index is 0. The van der Waals surface area contributed by atoms with E-state index in [4.69, 9.17) is 4.74 Å². The van der Waals surface area contributed by atoms with Gasteiger partial charge in [-0.1, -0.05) is 18.2 Å². The highest BCUT2D eigenvalue weighted by Crippen LogP contribution is 2.50. The van der Waals surface area contributed by atoms with Gasteiger partial charge in [-0.3, -0.25) is 9.79 Å². The maximum Gasteiger partial charge on any atom is 0.239 e. The van der Waals surface area contributed by atoms with Crippen molar-refractivity contribution in [1.29, 1.82) is 0 Å². The summed E-state index contributed by atoms with van der Waals surface area (Å²) in [6.07, 6.45) is 2.23. The Bertz CT molecular complexity index is 637. The van der Waals surface area contributed by atoms with Crippen LogP contribution in [0.5, 0.6) is 5.75 Å². The molecule has 0 heterocycles. The summed E-state index contributed by atoms with van der Waals surface area (Å²) in [5, 5.41) is 9.33. The largest absolute Gasteiger partial charge is 0.496 e. The summed E-state index contributed by atoms with van der Waals surface area (Å²) in [6.45, 7) is 6.83. The van der Waals surface area contributed by atoms with Crippen LogP contribution in [0.2, 0.25) is 0 Å². The molecular weight excluding hydrogens is 443 g/mol. The lowest BCUT2D eigenvalue weighted by Gasteiger charge is -2.22. The molecule has 2 rings (SSSR count). The number of nitrogens with zero attached hydrogens (tertiary/aromatic N) is 1. The zero-order chi connectivity index (χ0) is 18.5. The number of aliphatic imine (C=N–C) groups is 1. The number of hydrogen-bond acceptors (Lipinski definition) is 3. The monoisotopic (exact) mass is 474 g/mol. The van der Waals surface area contributed by atoms with Gasteiger partial charge in [0.1, 0.15) is 5.75 Å². The molecule has 0 atom stereocenters. The minimum Gasteiger partial charge on any atom is -0.496 e. The second-order valence-electron chi connectivity index (χ2n) is 7.56. The topological polar surface area (TPSA) is 74.8 Å². The van der Waals surface area contributed by atoms with E-state index in [1.165, 1.54) is 5.56 Å². The first kappa shape index (κ1) is 22.5. The van der Waals surface area contributed by atoms with E-state index in [-0.39, 0.29) is 47.4 Å². The van der Waals surface area contributed by atoms with Gasteiger partial charge in [0.15, 0.2) is 5.96 Å². The Hall–Kier alpha value is -1.51. The molecule has 1 fully saturated rings. The van der Waals surface area contributed by atoms with Crippen molar-refractivity contribution < 1.29 is 9.53 Å². The molecule has 26 heavy (non-hydrogen) atoms. The molecular formula is C19H31IN4O2. The summed E-state index contributed by atoms with van der Waals surface area (Å²) in [5.74, 6) is 1.50. The fourth-order valence-corrected chi connectivity index (χ4v) is 2.87. The molecule has 0 bridgehead atoms. The van der Waals surface area contributed by atoms with E-state index in [0.717, 1.165) is 25.1 Å². The lowest BCUT2D eigenvalue weighted by atomic mass is 9.95. The minimum atomic E-state index is -0.238. The number of halogens is 1. The number of hydrogen-bond donors (Lipinski definition) is 3. The van der Waals surface area contributed by atoms with Crippen LogP contribution in [0.1, 0.15) is 39.2 Å². The smallest absolute Gasteiger partial charge is 0.239 e. The first-order chi connectivity index (χ1) is 11.8. The van der Waals surface area contributed by atoms with Crippen LogP contribution in [-0.4, -0.2) is 44.7 Å². The number of amides is 1. The molecule has 1 amide bonds. The number of methoxy groups -OCH3 is 1. The standard InChI is InChI=1S/C19H30N4O2.HI/c1-18(2,3)23-16(24)12-21-17(20-4)22-13-19(10-11-19)14-8-6-7-9-15(14)25-5;/h6-9H,10-13H2,1-5H3,(H,23,24)(H2,20,21,22);1H. The summed E-state index contributed by atoms with van der Waals surface area (Å²) in [4.78, 5) is 16.1. The Morgan fingerprint density at radius 1 is 1.23 bits per heavy atom. The second-order valence-corrected chi connectivity index (χ2v) is 7.56. The molecule has 0 spiro atoms. The molecule has 0 radical (unpaired) electrons. The molecule has 1 aliphatic rings. The molecule has 6 nitrogen and oxygen atoms in total. The van der Waals surface area contributed by atoms with Gasteiger partial charge < -0.3 is 20.7 Å². The van der Waals surface area contributed by atoms with Crippen LogP contribution < -0.4 is 20.7 Å². The number of rotatable bonds is 6. The lowest BCUT2D eigenvalue weighted by molar-refractivity contribution is -0.121. The van der Waals surface area contributed by atoms with Crippen molar-refractivity contribution in [1.82, 2.24) is 16.0 Å². The van der Waals surface area contributed by atoms with Crippen molar-refractivity contribution in [3.8, 4) is 5.75 Å². The van der Waals surface area contributed by atoms with Crippen LogP contribution in [0.25, 0.3) is 0 Å². The van der Waals surface area contributed by atoms with Crippen LogP contribution in [-0.2, 0) is 10.2 Å². The molecule has 7 heteroatoms. The van der Waals surface area contributed by atoms with Gasteiger partial charge in [-0.05, 0) is 39.7 Å². The first-order valence-electron chi connectivity index (χ1n) is 8.69. The average Bonchev–Trinajstić information content (AvgIpc) is 3.34. The Kier molecular flexibility index (Phi) is 8.17. The zero-order valence-electron chi connectivity index (χ0n) is 16.3. The van der Waals surface area contributed by atoms with Crippen molar-refractivity contribution in [3.05, 3.63) is 29.8 Å². The van der Waals surface area contributed by atoms with Gasteiger partial charge in [-0.15, -0.1) is 24.0 Å². The quantitative estimate of drug-likeness (QED) is 0.337. The summed E-state index contributed by atoms with van der Waals surface area (Å²) >= 11 is 0. The molecule has 1 saturated carbocycles. The van der Waals surface area contributed by atoms with Crippen molar-refractivity contribution in [3.63, 3.8) is 0 Å². The molecule has 1 aromatic rings. The number of ether oxygens (including phenoxy) is 1. The third-order valence-corrected chi connectivity index (χ3v) is 4.28. The molecule has 0 aromatic heterocycles. The Balaban J connectivity index is 0.00000338. The number of guanidine groups is 1. The van der Waals surface area contributed by atoms with Gasteiger partial charge >= 0.3 is 0 Å². The lowest BCUT2D eigenvalue weighted by Crippen LogP contribution is -2.49. The molecule has 3 N–H and O–H groups in total. The maximum atomic E-state index is 11.9. The van der Waals surface area contributed by atoms with E-state index in [1.807, 2.05) is 39.0 Å². The maximum absolute atomic E-state index is 11.9. The Morgan fingerprint density at radius 3 is 2.42 bits per heavy atom. The fourth-order valence-electron chi connectivity index (χ4n) is 2.87. The van der Waals surface area contributed by atoms with Gasteiger partial charge in [0.2, 0.25) is 5.91 Å². The highest BCUT2D eigenvalue weighted by molar-refractivity contribution is 14.0. The molecule has 146 valence electrons. The average molecular weight is 474 g/mol. The van der Waals surface area contributed by atoms with Crippen molar-refractivity contribution in [2.75, 3.05) is 27.2 Å². The predicted octanol–water partition coefficient (Wildman–Crippen LogP) is 2.42. The van der Waals surface area contributed by atoms with E-state index < -0.39 is 0 Å². The fraction of sp³-hybridized carbons (Fsp3) is 0.579. The number of carbonyl (C=O) groups is 1. The van der Waals surface area contributed by atoms with Gasteiger partial charge in [0.05, 0.1) is 13.7 Å². The van der Waals surface area contributed by atoms with E-state index in [9.17, 15) is 4.79 Å². The molecule has 1 aliphatic carbocycles. The number of nitrogens with one attached hydrogen (secondary N) is 3. The van der Waals surface area contributed by atoms with E-state index in [1.54, 1.807) is 14.2 Å². The third-order valence-electron chi connectivity index (χ3n) is 4.28. The summed E-state index contributed by atoms with van der Waals surface area (Å²) < 4.78 is 5.50. The number of para-hydroxylation sites is 1. The molecule has 1 aromatic carbocycles. The van der Waals surface area contributed by atoms with Crippen LogP contribution in [0.15, 0.2) is 29.3 Å². The first-order valence-corrected chi connectivity index (χ1v) is 8.69. The molecule has 0 aliphatic heterocycles. The summed E-state index contributed by atoms with van der Waals surface area (Å²) in [5.41, 5.74) is 1.07. The van der Waals surface area contributed by atoms with Gasteiger partial charge in [-0.25, -0.2) is 0 Å². The zero-order valence-corrected chi connectivity index (χ0v) is 18.6. The van der Waals surface area contributed by atoms with E-state index >= 15 is 0 Å². The van der Waals surface area contributed by atoms with Crippen molar-refractivity contribution >= 4 is 35.8 Å². The normalized spacial score (nSPS) is 15.5. The van der Waals surface area contributed by atoms with Gasteiger partial charge in [0, 0.05) is 30.1 Å². The van der Waals surface area contributed by atoms with E-state index in [0.29, 0.717) is 5.96 Å². The highest BCUT2D eigenvalue weighted by Gasteiger charge is 2.46.